The molecule has 19 heavy (non-hydrogen) atoms. The van der Waals surface area contributed by atoms with E-state index >= 15 is 0 Å². The second-order valence-corrected chi connectivity index (χ2v) is 6.69. The van der Waals surface area contributed by atoms with Crippen molar-refractivity contribution >= 4 is 17.3 Å². The van der Waals surface area contributed by atoms with Crippen LogP contribution in [0.5, 0.6) is 0 Å². The smallest absolute Gasteiger partial charge is 0.0471 e. The largest absolute Gasteiger partial charge is 0.399 e. The van der Waals surface area contributed by atoms with E-state index < -0.39 is 0 Å². The molecule has 0 saturated carbocycles. The Morgan fingerprint density at radius 1 is 1.16 bits per heavy atom. The van der Waals surface area contributed by atoms with Crippen LogP contribution in [0.1, 0.15) is 26.3 Å². The van der Waals surface area contributed by atoms with Crippen molar-refractivity contribution in [1.29, 1.82) is 0 Å². The van der Waals surface area contributed by atoms with E-state index in [4.69, 9.17) is 17.3 Å². The van der Waals surface area contributed by atoms with Crippen LogP contribution in [0.3, 0.4) is 0 Å². The lowest BCUT2D eigenvalue weighted by atomic mass is 10.0. The quantitative estimate of drug-likeness (QED) is 0.846. The van der Waals surface area contributed by atoms with E-state index in [9.17, 15) is 0 Å². The Morgan fingerprint density at radius 2 is 1.79 bits per heavy atom. The van der Waals surface area contributed by atoms with Crippen molar-refractivity contribution in [2.75, 3.05) is 31.9 Å². The number of hydrogen-bond donors (Lipinski definition) is 1. The second kappa shape index (κ2) is 5.70. The third kappa shape index (κ3) is 3.85. The van der Waals surface area contributed by atoms with Gasteiger partial charge in [0.05, 0.1) is 0 Å². The average molecular weight is 282 g/mol. The summed E-state index contributed by atoms with van der Waals surface area (Å²) in [5.74, 6) is 0. The molecule has 3 nitrogen and oxygen atoms in total. The van der Waals surface area contributed by atoms with E-state index in [1.165, 1.54) is 5.56 Å². The van der Waals surface area contributed by atoms with Crippen molar-refractivity contribution in [3.8, 4) is 0 Å². The maximum absolute atomic E-state index is 6.23. The average Bonchev–Trinajstić information content (AvgIpc) is 2.32. The molecule has 0 bridgehead atoms. The molecule has 0 unspecified atom stereocenters. The van der Waals surface area contributed by atoms with Gasteiger partial charge in [-0.1, -0.05) is 17.7 Å². The highest BCUT2D eigenvalue weighted by Gasteiger charge is 2.25. The summed E-state index contributed by atoms with van der Waals surface area (Å²) < 4.78 is 0. The van der Waals surface area contributed by atoms with Gasteiger partial charge in [-0.3, -0.25) is 9.80 Å². The predicted molar refractivity (Wildman–Crippen MR) is 82.5 cm³/mol. The zero-order valence-corrected chi connectivity index (χ0v) is 12.9. The van der Waals surface area contributed by atoms with Crippen LogP contribution >= 0.6 is 11.6 Å². The Labute approximate surface area is 121 Å². The molecule has 1 aromatic carbocycles. The number of rotatable bonds is 2. The molecule has 1 fully saturated rings. The first kappa shape index (κ1) is 14.6. The van der Waals surface area contributed by atoms with Crippen LogP contribution in [0.4, 0.5) is 5.69 Å². The number of nitrogen functional groups attached to an aromatic ring is 1. The summed E-state index contributed by atoms with van der Waals surface area (Å²) in [4.78, 5) is 4.99. The maximum Gasteiger partial charge on any atom is 0.0471 e. The number of halogens is 1. The molecule has 0 spiro atoms. The van der Waals surface area contributed by atoms with E-state index in [2.05, 4.69) is 30.6 Å². The van der Waals surface area contributed by atoms with Gasteiger partial charge in [-0.15, -0.1) is 0 Å². The highest BCUT2D eigenvalue weighted by atomic mass is 35.5. The summed E-state index contributed by atoms with van der Waals surface area (Å²) in [6.07, 6.45) is 0. The van der Waals surface area contributed by atoms with Crippen molar-refractivity contribution in [3.63, 3.8) is 0 Å². The van der Waals surface area contributed by atoms with Gasteiger partial charge in [-0.2, -0.15) is 0 Å². The number of benzene rings is 1. The minimum Gasteiger partial charge on any atom is -0.399 e. The molecule has 1 saturated heterocycles. The van der Waals surface area contributed by atoms with Gasteiger partial charge in [-0.05, 0) is 38.5 Å². The van der Waals surface area contributed by atoms with E-state index in [0.29, 0.717) is 0 Å². The molecule has 1 heterocycles. The molecule has 2 rings (SSSR count). The van der Waals surface area contributed by atoms with Crippen LogP contribution in [0.2, 0.25) is 5.02 Å². The van der Waals surface area contributed by atoms with E-state index in [1.54, 1.807) is 0 Å². The normalized spacial score (nSPS) is 18.7. The third-order valence-corrected chi connectivity index (χ3v) is 4.14. The van der Waals surface area contributed by atoms with Crippen molar-refractivity contribution < 1.29 is 0 Å². The molecular weight excluding hydrogens is 258 g/mol. The fourth-order valence-corrected chi connectivity index (χ4v) is 2.76. The molecule has 106 valence electrons. The maximum atomic E-state index is 6.23. The minimum absolute atomic E-state index is 0.269. The van der Waals surface area contributed by atoms with Gasteiger partial charge < -0.3 is 5.73 Å². The Bertz CT molecular complexity index is 432. The van der Waals surface area contributed by atoms with E-state index in [-0.39, 0.29) is 5.54 Å². The third-order valence-electron chi connectivity index (χ3n) is 3.79. The van der Waals surface area contributed by atoms with Gasteiger partial charge in [0.2, 0.25) is 0 Å². The summed E-state index contributed by atoms with van der Waals surface area (Å²) in [6, 6.07) is 5.79. The van der Waals surface area contributed by atoms with E-state index in [0.717, 1.165) is 43.4 Å². The number of nitrogens with two attached hydrogens (primary N) is 1. The molecule has 2 N–H and O–H groups in total. The number of piperazine rings is 1. The first-order chi connectivity index (χ1) is 8.86. The monoisotopic (exact) mass is 281 g/mol. The first-order valence-corrected chi connectivity index (χ1v) is 7.25. The van der Waals surface area contributed by atoms with Crippen LogP contribution in [-0.2, 0) is 6.54 Å². The Hall–Kier alpha value is -0.770. The lowest BCUT2D eigenvalue weighted by molar-refractivity contribution is 0.0591. The fourth-order valence-electron chi connectivity index (χ4n) is 2.51. The van der Waals surface area contributed by atoms with Gasteiger partial charge in [0.25, 0.3) is 0 Å². The van der Waals surface area contributed by atoms with Gasteiger partial charge in [0, 0.05) is 49.0 Å². The van der Waals surface area contributed by atoms with Crippen LogP contribution in [0, 0.1) is 0 Å². The van der Waals surface area contributed by atoms with Crippen molar-refractivity contribution in [3.05, 3.63) is 28.8 Å². The highest BCUT2D eigenvalue weighted by molar-refractivity contribution is 6.31. The fraction of sp³-hybridized carbons (Fsp3) is 0.600. The number of anilines is 1. The Balaban J connectivity index is 1.92. The summed E-state index contributed by atoms with van der Waals surface area (Å²) in [5, 5.41) is 0.776. The van der Waals surface area contributed by atoms with Gasteiger partial charge >= 0.3 is 0 Å². The molecule has 0 aromatic heterocycles. The van der Waals surface area contributed by atoms with Crippen LogP contribution in [0.15, 0.2) is 18.2 Å². The standard InChI is InChI=1S/C15H24ClN3/c1-15(2,3)19-8-6-18(7-9-19)11-12-4-5-13(17)10-14(12)16/h4-5,10H,6-9,11,17H2,1-3H3. The summed E-state index contributed by atoms with van der Waals surface area (Å²) in [7, 11) is 0. The van der Waals surface area contributed by atoms with Gasteiger partial charge in [0.1, 0.15) is 0 Å². The number of hydrogen-bond acceptors (Lipinski definition) is 3. The van der Waals surface area contributed by atoms with Gasteiger partial charge in [0.15, 0.2) is 0 Å². The Kier molecular flexibility index (Phi) is 4.39. The molecule has 1 aliphatic rings. The summed E-state index contributed by atoms with van der Waals surface area (Å²) >= 11 is 6.23. The zero-order chi connectivity index (χ0) is 14.0. The van der Waals surface area contributed by atoms with Gasteiger partial charge in [-0.25, -0.2) is 0 Å². The molecule has 0 aliphatic carbocycles. The van der Waals surface area contributed by atoms with Crippen molar-refractivity contribution in [2.45, 2.75) is 32.9 Å². The lowest BCUT2D eigenvalue weighted by Gasteiger charge is -2.42. The molecule has 0 amide bonds. The first-order valence-electron chi connectivity index (χ1n) is 6.87. The van der Waals surface area contributed by atoms with Crippen LogP contribution in [0.25, 0.3) is 0 Å². The van der Waals surface area contributed by atoms with E-state index in [1.807, 2.05) is 18.2 Å². The molecular formula is C15H24ClN3. The second-order valence-electron chi connectivity index (χ2n) is 6.28. The zero-order valence-electron chi connectivity index (χ0n) is 12.1. The van der Waals surface area contributed by atoms with Crippen molar-refractivity contribution in [2.24, 2.45) is 0 Å². The molecule has 1 aromatic rings. The topological polar surface area (TPSA) is 32.5 Å². The summed E-state index contributed by atoms with van der Waals surface area (Å²) in [6.45, 7) is 12.2. The van der Waals surface area contributed by atoms with Crippen LogP contribution < -0.4 is 5.73 Å². The van der Waals surface area contributed by atoms with Crippen molar-refractivity contribution in [1.82, 2.24) is 9.80 Å². The predicted octanol–water partition coefficient (Wildman–Crippen LogP) is 2.84. The lowest BCUT2D eigenvalue weighted by Crippen LogP contribution is -2.53. The SMILES string of the molecule is CC(C)(C)N1CCN(Cc2ccc(N)cc2Cl)CC1. The summed E-state index contributed by atoms with van der Waals surface area (Å²) in [5.41, 5.74) is 7.89. The molecule has 1 aliphatic heterocycles. The molecule has 4 heteroatoms. The number of nitrogens with zero attached hydrogens (tertiary/aromatic N) is 2. The molecule has 0 atom stereocenters. The minimum atomic E-state index is 0.269. The Morgan fingerprint density at radius 3 is 2.32 bits per heavy atom. The van der Waals surface area contributed by atoms with Crippen LogP contribution in [-0.4, -0.2) is 41.5 Å². The highest BCUT2D eigenvalue weighted by Crippen LogP contribution is 2.22. The molecule has 0 radical (unpaired) electrons.